The number of ether oxygens (including phenoxy) is 1. The van der Waals surface area contributed by atoms with E-state index in [-0.39, 0.29) is 23.6 Å². The van der Waals surface area contributed by atoms with Gasteiger partial charge in [-0.2, -0.15) is 5.26 Å². The van der Waals surface area contributed by atoms with Crippen LogP contribution in [0.3, 0.4) is 0 Å². The summed E-state index contributed by atoms with van der Waals surface area (Å²) in [6.45, 7) is 1.48. The Morgan fingerprint density at radius 2 is 1.83 bits per heavy atom. The minimum Gasteiger partial charge on any atom is -0.452 e. The molecule has 0 aliphatic carbocycles. The molecule has 9 heteroatoms. The zero-order chi connectivity index (χ0) is 21.2. The highest BCUT2D eigenvalue weighted by Gasteiger charge is 2.18. The van der Waals surface area contributed by atoms with Gasteiger partial charge in [0.15, 0.2) is 6.10 Å². The van der Waals surface area contributed by atoms with Gasteiger partial charge in [-0.05, 0) is 37.3 Å². The number of nitrogens with one attached hydrogen (secondary N) is 3. The summed E-state index contributed by atoms with van der Waals surface area (Å²) in [6, 6.07) is 14.7. The Balaban J connectivity index is 1.72. The number of carbonyl (C=O) groups is 3. The highest BCUT2D eigenvalue weighted by atomic mass is 35.5. The van der Waals surface area contributed by atoms with Crippen LogP contribution in [0.5, 0.6) is 0 Å². The predicted octanol–water partition coefficient (Wildman–Crippen LogP) is 3.29. The predicted molar refractivity (Wildman–Crippen MR) is 108 cm³/mol. The average molecular weight is 415 g/mol. The summed E-state index contributed by atoms with van der Waals surface area (Å²) in [5, 5.41) is 16.7. The Labute approximate surface area is 172 Å². The standard InChI is InChI=1S/C20H19ClN4O4/c1-13(19(27)24-16-8-7-14(12-22)17(21)11-16)29-18(26)9-10-23-20(28)25-15-5-3-2-4-6-15/h2-8,11,13H,9-10H2,1H3,(H,24,27)(H2,23,25,28)/t13-/m0/s1. The number of hydrogen-bond donors (Lipinski definition) is 3. The molecule has 8 nitrogen and oxygen atoms in total. The van der Waals surface area contributed by atoms with Gasteiger partial charge in [-0.25, -0.2) is 4.79 Å². The van der Waals surface area contributed by atoms with Crippen LogP contribution in [0, 0.1) is 11.3 Å². The molecule has 0 radical (unpaired) electrons. The highest BCUT2D eigenvalue weighted by molar-refractivity contribution is 6.32. The van der Waals surface area contributed by atoms with Gasteiger partial charge in [0.25, 0.3) is 5.91 Å². The zero-order valence-electron chi connectivity index (χ0n) is 15.6. The summed E-state index contributed by atoms with van der Waals surface area (Å²) >= 11 is 5.91. The molecule has 2 aromatic carbocycles. The summed E-state index contributed by atoms with van der Waals surface area (Å²) in [4.78, 5) is 35.7. The number of esters is 1. The molecule has 0 unspecified atom stereocenters. The molecular formula is C20H19ClN4O4. The molecule has 0 bridgehead atoms. The molecule has 2 aromatic rings. The van der Waals surface area contributed by atoms with E-state index in [1.165, 1.54) is 25.1 Å². The summed E-state index contributed by atoms with van der Waals surface area (Å²) < 4.78 is 5.05. The molecule has 150 valence electrons. The van der Waals surface area contributed by atoms with E-state index in [4.69, 9.17) is 21.6 Å². The third-order valence-electron chi connectivity index (χ3n) is 3.68. The molecule has 2 rings (SSSR count). The number of para-hydroxylation sites is 1. The van der Waals surface area contributed by atoms with Gasteiger partial charge in [0.2, 0.25) is 0 Å². The van der Waals surface area contributed by atoms with E-state index in [2.05, 4.69) is 16.0 Å². The van der Waals surface area contributed by atoms with Crippen molar-refractivity contribution in [3.05, 3.63) is 59.1 Å². The van der Waals surface area contributed by atoms with E-state index in [9.17, 15) is 14.4 Å². The van der Waals surface area contributed by atoms with Crippen molar-refractivity contribution in [2.75, 3.05) is 17.2 Å². The molecule has 3 N–H and O–H groups in total. The van der Waals surface area contributed by atoms with E-state index >= 15 is 0 Å². The molecule has 1 atom stereocenters. The SMILES string of the molecule is C[C@H](OC(=O)CCNC(=O)Nc1ccccc1)C(=O)Nc1ccc(C#N)c(Cl)c1. The smallest absolute Gasteiger partial charge is 0.319 e. The molecular weight excluding hydrogens is 396 g/mol. The molecule has 0 aliphatic heterocycles. The van der Waals surface area contributed by atoms with Crippen LogP contribution in [0.1, 0.15) is 18.9 Å². The number of nitriles is 1. The topological polar surface area (TPSA) is 120 Å². The van der Waals surface area contributed by atoms with E-state index in [1.807, 2.05) is 12.1 Å². The fourth-order valence-corrected chi connectivity index (χ4v) is 2.43. The number of urea groups is 1. The average Bonchev–Trinajstić information content (AvgIpc) is 2.68. The summed E-state index contributed by atoms with van der Waals surface area (Å²) in [5.41, 5.74) is 1.29. The summed E-state index contributed by atoms with van der Waals surface area (Å²) in [6.07, 6.45) is -1.14. The maximum Gasteiger partial charge on any atom is 0.319 e. The fourth-order valence-electron chi connectivity index (χ4n) is 2.21. The first kappa shape index (κ1) is 21.7. The second-order valence-corrected chi connectivity index (χ2v) is 6.33. The third kappa shape index (κ3) is 7.16. The number of halogens is 1. The Bertz CT molecular complexity index is 928. The number of carbonyl (C=O) groups excluding carboxylic acids is 3. The molecule has 0 fully saturated rings. The first-order valence-electron chi connectivity index (χ1n) is 8.69. The first-order valence-corrected chi connectivity index (χ1v) is 9.06. The van der Waals surface area contributed by atoms with Crippen LogP contribution in [0.2, 0.25) is 5.02 Å². The van der Waals surface area contributed by atoms with Crippen molar-refractivity contribution in [1.29, 1.82) is 5.26 Å². The maximum atomic E-state index is 12.1. The van der Waals surface area contributed by atoms with Crippen LogP contribution in [-0.2, 0) is 14.3 Å². The molecule has 3 amide bonds. The number of nitrogens with zero attached hydrogens (tertiary/aromatic N) is 1. The normalized spacial score (nSPS) is 10.9. The molecule has 0 spiro atoms. The Kier molecular flexibility index (Phi) is 8.00. The number of benzene rings is 2. The Hall–Kier alpha value is -3.57. The van der Waals surface area contributed by atoms with Crippen molar-refractivity contribution < 1.29 is 19.1 Å². The number of amides is 3. The van der Waals surface area contributed by atoms with Crippen molar-refractivity contribution >= 4 is 40.9 Å². The van der Waals surface area contributed by atoms with Gasteiger partial charge in [-0.1, -0.05) is 29.8 Å². The van der Waals surface area contributed by atoms with E-state index in [0.717, 1.165) is 0 Å². The zero-order valence-corrected chi connectivity index (χ0v) is 16.3. The minimum atomic E-state index is -1.05. The number of rotatable bonds is 7. The third-order valence-corrected chi connectivity index (χ3v) is 3.99. The van der Waals surface area contributed by atoms with Crippen molar-refractivity contribution in [2.24, 2.45) is 0 Å². The van der Waals surface area contributed by atoms with Gasteiger partial charge in [0, 0.05) is 17.9 Å². The monoisotopic (exact) mass is 414 g/mol. The summed E-state index contributed by atoms with van der Waals surface area (Å²) in [5.74, 6) is -1.18. The van der Waals surface area contributed by atoms with Crippen LogP contribution in [-0.4, -0.2) is 30.6 Å². The largest absolute Gasteiger partial charge is 0.452 e. The van der Waals surface area contributed by atoms with Crippen LogP contribution in [0.25, 0.3) is 0 Å². The van der Waals surface area contributed by atoms with Crippen molar-refractivity contribution in [3.8, 4) is 6.07 Å². The lowest BCUT2D eigenvalue weighted by molar-refractivity contribution is -0.153. The molecule has 29 heavy (non-hydrogen) atoms. The quantitative estimate of drug-likeness (QED) is 0.600. The lowest BCUT2D eigenvalue weighted by atomic mass is 10.2. The van der Waals surface area contributed by atoms with E-state index in [0.29, 0.717) is 11.4 Å². The number of hydrogen-bond acceptors (Lipinski definition) is 5. The lowest BCUT2D eigenvalue weighted by Gasteiger charge is -2.14. The van der Waals surface area contributed by atoms with Gasteiger partial charge < -0.3 is 20.7 Å². The molecule has 0 aromatic heterocycles. The van der Waals surface area contributed by atoms with Crippen LogP contribution < -0.4 is 16.0 Å². The van der Waals surface area contributed by atoms with Gasteiger partial charge in [0.1, 0.15) is 6.07 Å². The fraction of sp³-hybridized carbons (Fsp3) is 0.200. The second-order valence-electron chi connectivity index (χ2n) is 5.92. The number of anilines is 2. The van der Waals surface area contributed by atoms with Crippen LogP contribution in [0.4, 0.5) is 16.2 Å². The highest BCUT2D eigenvalue weighted by Crippen LogP contribution is 2.20. The summed E-state index contributed by atoms with van der Waals surface area (Å²) in [7, 11) is 0. The molecule has 0 saturated carbocycles. The Morgan fingerprint density at radius 1 is 1.10 bits per heavy atom. The molecule has 0 aliphatic rings. The van der Waals surface area contributed by atoms with Gasteiger partial charge in [-0.3, -0.25) is 9.59 Å². The van der Waals surface area contributed by atoms with Crippen LogP contribution >= 0.6 is 11.6 Å². The van der Waals surface area contributed by atoms with Crippen molar-refractivity contribution in [2.45, 2.75) is 19.4 Å². The van der Waals surface area contributed by atoms with Gasteiger partial charge in [-0.15, -0.1) is 0 Å². The maximum absolute atomic E-state index is 12.1. The minimum absolute atomic E-state index is 0.0526. The molecule has 0 heterocycles. The van der Waals surface area contributed by atoms with E-state index in [1.54, 1.807) is 24.3 Å². The Morgan fingerprint density at radius 3 is 2.48 bits per heavy atom. The molecule has 0 saturated heterocycles. The van der Waals surface area contributed by atoms with Crippen molar-refractivity contribution in [3.63, 3.8) is 0 Å². The van der Waals surface area contributed by atoms with Crippen molar-refractivity contribution in [1.82, 2.24) is 5.32 Å². The second kappa shape index (κ2) is 10.7. The van der Waals surface area contributed by atoms with Gasteiger partial charge >= 0.3 is 12.0 Å². The van der Waals surface area contributed by atoms with E-state index < -0.39 is 24.0 Å². The van der Waals surface area contributed by atoms with Crippen LogP contribution in [0.15, 0.2) is 48.5 Å². The first-order chi connectivity index (χ1) is 13.9. The van der Waals surface area contributed by atoms with Gasteiger partial charge in [0.05, 0.1) is 17.0 Å². The lowest BCUT2D eigenvalue weighted by Crippen LogP contribution is -2.33.